The van der Waals surface area contributed by atoms with Gasteiger partial charge in [-0.3, -0.25) is 4.79 Å². The van der Waals surface area contributed by atoms with Gasteiger partial charge >= 0.3 is 5.97 Å². The third kappa shape index (κ3) is 4.82. The molecule has 4 rings (SSSR count). The zero-order chi connectivity index (χ0) is 23.9. The molecule has 0 spiro atoms. The highest BCUT2D eigenvalue weighted by molar-refractivity contribution is 8.18. The molecule has 2 N–H and O–H groups in total. The molecule has 10 heteroatoms. The Morgan fingerprint density at radius 2 is 1.82 bits per heavy atom. The van der Waals surface area contributed by atoms with E-state index in [-0.39, 0.29) is 16.5 Å². The van der Waals surface area contributed by atoms with Crippen LogP contribution in [0, 0.1) is 13.8 Å². The van der Waals surface area contributed by atoms with Crippen molar-refractivity contribution in [2.75, 3.05) is 0 Å². The van der Waals surface area contributed by atoms with Crippen molar-refractivity contribution >= 4 is 75.4 Å². The van der Waals surface area contributed by atoms with Gasteiger partial charge in [0, 0.05) is 17.1 Å². The van der Waals surface area contributed by atoms with E-state index in [1.54, 1.807) is 36.4 Å². The second-order valence-electron chi connectivity index (χ2n) is 7.21. The molecule has 2 heterocycles. The molecular weight excluding hydrogens is 505 g/mol. The number of hydrogen-bond acceptors (Lipinski definition) is 4. The molecule has 0 aliphatic carbocycles. The van der Waals surface area contributed by atoms with E-state index in [4.69, 9.17) is 34.8 Å². The summed E-state index contributed by atoms with van der Waals surface area (Å²) in [7, 11) is 0. The molecule has 168 valence electrons. The highest BCUT2D eigenvalue weighted by Gasteiger charge is 2.25. The van der Waals surface area contributed by atoms with Crippen molar-refractivity contribution in [3.63, 3.8) is 0 Å². The number of halogens is 3. The first-order valence-electron chi connectivity index (χ1n) is 9.61. The van der Waals surface area contributed by atoms with Gasteiger partial charge in [-0.05, 0) is 79.7 Å². The Morgan fingerprint density at radius 1 is 1.06 bits per heavy atom. The molecule has 1 aliphatic rings. The van der Waals surface area contributed by atoms with Gasteiger partial charge in [0.25, 0.3) is 5.91 Å². The summed E-state index contributed by atoms with van der Waals surface area (Å²) in [5.41, 5.74) is 3.98. The van der Waals surface area contributed by atoms with E-state index >= 15 is 0 Å². The van der Waals surface area contributed by atoms with E-state index in [2.05, 4.69) is 10.3 Å². The van der Waals surface area contributed by atoms with Crippen molar-refractivity contribution in [2.24, 2.45) is 4.99 Å². The summed E-state index contributed by atoms with van der Waals surface area (Å²) < 4.78 is 1.95. The largest absolute Gasteiger partial charge is 0.478 e. The number of nitrogens with one attached hydrogen (secondary N) is 1. The van der Waals surface area contributed by atoms with Gasteiger partial charge in [-0.2, -0.15) is 0 Å². The van der Waals surface area contributed by atoms with Crippen LogP contribution in [0.4, 0.5) is 5.69 Å². The van der Waals surface area contributed by atoms with Crippen LogP contribution in [0.3, 0.4) is 0 Å². The lowest BCUT2D eigenvalue weighted by Crippen LogP contribution is -2.19. The first-order chi connectivity index (χ1) is 15.6. The molecule has 0 unspecified atom stereocenters. The number of aromatic nitrogens is 1. The standard InChI is InChI=1S/C23H16Cl3N3O3S/c1-11-7-13(12(2)29(11)15-4-5-16(22(31)32)18(25)10-15)8-20-21(30)28-23(33-20)27-14-3-6-17(24)19(26)9-14/h3-10H,1-2H3,(H,31,32)(H,27,28,30)/b20-8-. The van der Waals surface area contributed by atoms with Gasteiger partial charge in [0.15, 0.2) is 5.17 Å². The zero-order valence-electron chi connectivity index (χ0n) is 17.3. The third-order valence-electron chi connectivity index (χ3n) is 4.98. The van der Waals surface area contributed by atoms with Gasteiger partial charge in [-0.1, -0.05) is 34.8 Å². The van der Waals surface area contributed by atoms with Crippen LogP contribution >= 0.6 is 46.6 Å². The topological polar surface area (TPSA) is 83.7 Å². The highest BCUT2D eigenvalue weighted by atomic mass is 35.5. The maximum atomic E-state index is 12.5. The molecule has 2 aromatic carbocycles. The summed E-state index contributed by atoms with van der Waals surface area (Å²) >= 11 is 19.4. The Kier molecular flexibility index (Phi) is 6.59. The number of nitrogens with zero attached hydrogens (tertiary/aromatic N) is 2. The molecule has 0 radical (unpaired) electrons. The minimum atomic E-state index is -1.08. The van der Waals surface area contributed by atoms with Crippen LogP contribution in [0.2, 0.25) is 15.1 Å². The Labute approximate surface area is 208 Å². The van der Waals surface area contributed by atoms with Gasteiger partial charge in [-0.25, -0.2) is 9.79 Å². The second kappa shape index (κ2) is 9.27. The number of carboxylic acids is 1. The van der Waals surface area contributed by atoms with Crippen molar-refractivity contribution in [1.82, 2.24) is 9.88 Å². The minimum Gasteiger partial charge on any atom is -0.478 e. The lowest BCUT2D eigenvalue weighted by atomic mass is 10.2. The number of amidine groups is 1. The summed E-state index contributed by atoms with van der Waals surface area (Å²) in [5.74, 6) is -1.34. The van der Waals surface area contributed by atoms with Crippen LogP contribution in [0.1, 0.15) is 27.3 Å². The molecule has 0 atom stereocenters. The first kappa shape index (κ1) is 23.4. The lowest BCUT2D eigenvalue weighted by Gasteiger charge is -2.11. The van der Waals surface area contributed by atoms with Gasteiger partial charge in [0.1, 0.15) is 0 Å². The Bertz CT molecular complexity index is 1380. The molecule has 1 aliphatic heterocycles. The van der Waals surface area contributed by atoms with Crippen LogP contribution in [0.15, 0.2) is 52.4 Å². The molecular formula is C23H16Cl3N3O3S. The number of thioether (sulfide) groups is 1. The number of carboxylic acid groups (broad SMARTS) is 1. The van der Waals surface area contributed by atoms with Gasteiger partial charge in [0.05, 0.1) is 31.2 Å². The molecule has 6 nitrogen and oxygen atoms in total. The van der Waals surface area contributed by atoms with Gasteiger partial charge in [0.2, 0.25) is 0 Å². The van der Waals surface area contributed by atoms with Crippen molar-refractivity contribution in [1.29, 1.82) is 0 Å². The van der Waals surface area contributed by atoms with Crippen LogP contribution < -0.4 is 5.32 Å². The molecule has 1 fully saturated rings. The number of benzene rings is 2. The number of carbonyl (C=O) groups is 2. The Balaban J connectivity index is 1.64. The summed E-state index contributed by atoms with van der Waals surface area (Å²) in [5, 5.41) is 13.4. The first-order valence-corrected chi connectivity index (χ1v) is 11.6. The number of hydrogen-bond donors (Lipinski definition) is 2. The smallest absolute Gasteiger partial charge is 0.337 e. The normalized spacial score (nSPS) is 16.0. The molecule has 3 aromatic rings. The SMILES string of the molecule is Cc1cc(/C=C2\SC(=Nc3ccc(Cl)c(Cl)c3)NC2=O)c(C)n1-c1ccc(C(=O)O)c(Cl)c1. The average Bonchev–Trinajstić information content (AvgIpc) is 3.22. The summed E-state index contributed by atoms with van der Waals surface area (Å²) in [6.07, 6.45) is 1.80. The molecule has 1 amide bonds. The number of carbonyl (C=O) groups excluding carboxylic acids is 1. The molecule has 1 aromatic heterocycles. The monoisotopic (exact) mass is 519 g/mol. The van der Waals surface area contributed by atoms with E-state index < -0.39 is 5.97 Å². The molecule has 0 saturated carbocycles. The van der Waals surface area contributed by atoms with E-state index in [9.17, 15) is 14.7 Å². The van der Waals surface area contributed by atoms with Gasteiger partial charge in [-0.15, -0.1) is 0 Å². The number of aryl methyl sites for hydroxylation is 1. The van der Waals surface area contributed by atoms with E-state index in [0.717, 1.165) is 22.6 Å². The Hall–Kier alpha value is -2.71. The third-order valence-corrected chi connectivity index (χ3v) is 6.94. The van der Waals surface area contributed by atoms with E-state index in [1.165, 1.54) is 17.8 Å². The van der Waals surface area contributed by atoms with Crippen LogP contribution in [-0.4, -0.2) is 26.7 Å². The quantitative estimate of drug-likeness (QED) is 0.378. The van der Waals surface area contributed by atoms with Gasteiger partial charge < -0.3 is 15.0 Å². The number of rotatable bonds is 4. The fourth-order valence-corrected chi connectivity index (χ4v) is 4.82. The molecule has 1 saturated heterocycles. The fourth-order valence-electron chi connectivity index (χ4n) is 3.44. The number of aliphatic imine (C=N–C) groups is 1. The minimum absolute atomic E-state index is 0.0399. The lowest BCUT2D eigenvalue weighted by molar-refractivity contribution is -0.115. The maximum Gasteiger partial charge on any atom is 0.337 e. The van der Waals surface area contributed by atoms with Crippen molar-refractivity contribution < 1.29 is 14.7 Å². The predicted molar refractivity (Wildman–Crippen MR) is 134 cm³/mol. The van der Waals surface area contributed by atoms with E-state index in [0.29, 0.717) is 25.8 Å². The fraction of sp³-hybridized carbons (Fsp3) is 0.0870. The number of amides is 1. The van der Waals surface area contributed by atoms with Crippen molar-refractivity contribution in [3.05, 3.63) is 85.0 Å². The number of aromatic carboxylic acids is 1. The zero-order valence-corrected chi connectivity index (χ0v) is 20.4. The summed E-state index contributed by atoms with van der Waals surface area (Å²) in [6, 6.07) is 11.7. The van der Waals surface area contributed by atoms with Crippen LogP contribution in [0.25, 0.3) is 11.8 Å². The van der Waals surface area contributed by atoms with Crippen molar-refractivity contribution in [2.45, 2.75) is 13.8 Å². The Morgan fingerprint density at radius 3 is 2.48 bits per heavy atom. The molecule has 0 bridgehead atoms. The van der Waals surface area contributed by atoms with Crippen LogP contribution in [-0.2, 0) is 4.79 Å². The van der Waals surface area contributed by atoms with Crippen LogP contribution in [0.5, 0.6) is 0 Å². The average molecular weight is 521 g/mol. The second-order valence-corrected chi connectivity index (χ2v) is 9.46. The summed E-state index contributed by atoms with van der Waals surface area (Å²) in [6.45, 7) is 3.84. The summed E-state index contributed by atoms with van der Waals surface area (Å²) in [4.78, 5) is 28.7. The predicted octanol–water partition coefficient (Wildman–Crippen LogP) is 6.64. The highest BCUT2D eigenvalue weighted by Crippen LogP contribution is 2.32. The van der Waals surface area contributed by atoms with Crippen molar-refractivity contribution in [3.8, 4) is 5.69 Å². The molecule has 33 heavy (non-hydrogen) atoms. The maximum absolute atomic E-state index is 12.5. The van der Waals surface area contributed by atoms with E-state index in [1.807, 2.05) is 24.5 Å².